The van der Waals surface area contributed by atoms with Crippen molar-refractivity contribution < 1.29 is 87.8 Å². The molecule has 0 atom stereocenters. The summed E-state index contributed by atoms with van der Waals surface area (Å²) in [6, 6.07) is 34.8. The number of carbonyl (C=O) groups excluding carboxylic acids is 3. The van der Waals surface area contributed by atoms with Gasteiger partial charge in [-0.15, -0.1) is 0 Å². The molecular formula is C58H65F2N2NaO10. The van der Waals surface area contributed by atoms with E-state index in [0.29, 0.717) is 52.0 Å². The van der Waals surface area contributed by atoms with Gasteiger partial charge in [0.2, 0.25) is 0 Å². The minimum Gasteiger partial charge on any atom is -0.870 e. The van der Waals surface area contributed by atoms with Crippen LogP contribution in [0.5, 0.6) is 0 Å². The maximum Gasteiger partial charge on any atom is 1.00 e. The van der Waals surface area contributed by atoms with Crippen LogP contribution in [0, 0.1) is 11.6 Å². The number of rotatable bonds is 10. The molecule has 6 aromatic rings. The van der Waals surface area contributed by atoms with Gasteiger partial charge in [-0.3, -0.25) is 0 Å². The Morgan fingerprint density at radius 3 is 1.37 bits per heavy atom. The van der Waals surface area contributed by atoms with Crippen molar-refractivity contribution in [3.05, 3.63) is 177 Å². The van der Waals surface area contributed by atoms with E-state index in [1.165, 1.54) is 19.2 Å². The molecule has 0 aromatic heterocycles. The third-order valence-corrected chi connectivity index (χ3v) is 11.8. The average molecular weight is 1010 g/mol. The zero-order valence-electron chi connectivity index (χ0n) is 42.1. The summed E-state index contributed by atoms with van der Waals surface area (Å²) in [6.45, 7) is 13.2. The molecule has 382 valence electrons. The predicted octanol–water partition coefficient (Wildman–Crippen LogP) is 8.93. The number of ether oxygens (including phenoxy) is 3. The van der Waals surface area contributed by atoms with Crippen molar-refractivity contribution in [1.29, 1.82) is 0 Å². The number of fused-ring (bicyclic) bond motifs is 2. The van der Waals surface area contributed by atoms with E-state index < -0.39 is 29.1 Å². The maximum atomic E-state index is 14.9. The van der Waals surface area contributed by atoms with E-state index in [1.807, 2.05) is 77.9 Å². The summed E-state index contributed by atoms with van der Waals surface area (Å²) < 4.78 is 45.8. The first-order chi connectivity index (χ1) is 32.8. The van der Waals surface area contributed by atoms with Gasteiger partial charge in [0, 0.05) is 48.7 Å². The van der Waals surface area contributed by atoms with Crippen LogP contribution in [0.3, 0.4) is 0 Å². The second kappa shape index (κ2) is 26.0. The molecule has 0 radical (unpaired) electrons. The van der Waals surface area contributed by atoms with Gasteiger partial charge in [-0.2, -0.15) is 0 Å². The van der Waals surface area contributed by atoms with Crippen molar-refractivity contribution in [2.75, 3.05) is 30.0 Å². The van der Waals surface area contributed by atoms with Crippen molar-refractivity contribution in [3.8, 4) is 22.3 Å². The third kappa shape index (κ3) is 15.3. The fraction of sp³-hybridized carbons (Fsp3) is 0.310. The van der Waals surface area contributed by atoms with Gasteiger partial charge < -0.3 is 40.1 Å². The number of benzene rings is 6. The number of carboxylic acid groups (broad SMARTS) is 1. The fourth-order valence-electron chi connectivity index (χ4n) is 8.69. The molecule has 0 amide bonds. The summed E-state index contributed by atoms with van der Waals surface area (Å²) in [6.07, 6.45) is 3.40. The first kappa shape index (κ1) is 60.9. The van der Waals surface area contributed by atoms with Gasteiger partial charge in [0.05, 0.1) is 29.4 Å². The van der Waals surface area contributed by atoms with Crippen LogP contribution in [-0.4, -0.2) is 71.3 Å². The molecule has 0 spiro atoms. The quantitative estimate of drug-likeness (QED) is 0.0785. The molecule has 0 aliphatic carbocycles. The number of halogens is 2. The molecule has 2 aliphatic heterocycles. The molecule has 73 heavy (non-hydrogen) atoms. The standard InChI is InChI=1S/C29H30FNO4.C28H28FNO4.CH4.Na.2H2O/c1-29(2,3)35-28(33)24-10-6-5-9-23(24)19-11-13-25(30)22(16-19)18-31-15-7-8-20-17-21(27(32)34-4)12-14-26(20)31;1-28(2,3)34-27(33)23-9-5-4-8-22(23)18-10-12-24(29)21(15-18)17-30-14-6-7-19-16-20(26(31)32)11-13-25(19)30;;;;/h5-6,9-14,16-17H,7-8,15,18H2,1-4H3;4-5,8-13,15-16H,6-7,14,17H2,1-3H3,(H,31,32);1H4;;2*1H2/q;;;+1;;/p-1. The Bertz CT molecular complexity index is 2910. The van der Waals surface area contributed by atoms with Crippen LogP contribution in [0.4, 0.5) is 20.2 Å². The zero-order valence-corrected chi connectivity index (χ0v) is 44.1. The number of nitrogens with zero attached hydrogens (tertiary/aromatic N) is 2. The second-order valence-electron chi connectivity index (χ2n) is 19.2. The van der Waals surface area contributed by atoms with Crippen LogP contribution in [-0.2, 0) is 40.1 Å². The molecular weight excluding hydrogens is 946 g/mol. The molecule has 0 saturated heterocycles. The topological polar surface area (TPSA) is 184 Å². The van der Waals surface area contributed by atoms with E-state index in [1.54, 1.807) is 72.8 Å². The summed E-state index contributed by atoms with van der Waals surface area (Å²) in [4.78, 5) is 53.1. The number of anilines is 2. The minimum atomic E-state index is -0.956. The van der Waals surface area contributed by atoms with Crippen molar-refractivity contribution in [3.63, 3.8) is 0 Å². The van der Waals surface area contributed by atoms with E-state index in [4.69, 9.17) is 14.2 Å². The molecule has 0 fully saturated rings. The van der Waals surface area contributed by atoms with Crippen LogP contribution in [0.2, 0.25) is 0 Å². The van der Waals surface area contributed by atoms with Crippen LogP contribution in [0.1, 0.15) is 125 Å². The zero-order chi connectivity index (χ0) is 49.6. The smallest absolute Gasteiger partial charge is 0.870 e. The summed E-state index contributed by atoms with van der Waals surface area (Å²) in [5, 5.41) is 9.29. The van der Waals surface area contributed by atoms with Gasteiger partial charge in [0.1, 0.15) is 22.8 Å². The average Bonchev–Trinajstić information content (AvgIpc) is 3.31. The predicted molar refractivity (Wildman–Crippen MR) is 276 cm³/mol. The first-order valence-electron chi connectivity index (χ1n) is 23.1. The number of carbonyl (C=O) groups is 4. The number of aromatic carboxylic acids is 1. The molecule has 0 unspecified atom stereocenters. The van der Waals surface area contributed by atoms with Crippen LogP contribution >= 0.6 is 0 Å². The van der Waals surface area contributed by atoms with Crippen molar-refractivity contribution >= 4 is 35.3 Å². The molecule has 2 heterocycles. The van der Waals surface area contributed by atoms with E-state index in [0.717, 1.165) is 72.4 Å². The van der Waals surface area contributed by atoms with Crippen molar-refractivity contribution in [2.45, 2.75) is 98.9 Å². The Balaban J connectivity index is 0.000000365. The van der Waals surface area contributed by atoms with E-state index in [-0.39, 0.29) is 71.1 Å². The molecule has 12 nitrogen and oxygen atoms in total. The summed E-state index contributed by atoms with van der Waals surface area (Å²) in [5.41, 5.74) is 8.23. The Morgan fingerprint density at radius 2 is 0.973 bits per heavy atom. The van der Waals surface area contributed by atoms with E-state index in [9.17, 15) is 33.1 Å². The molecule has 15 heteroatoms. The molecule has 0 bridgehead atoms. The molecule has 2 aliphatic rings. The summed E-state index contributed by atoms with van der Waals surface area (Å²) in [7, 11) is 1.37. The summed E-state index contributed by atoms with van der Waals surface area (Å²) in [5.74, 6) is -2.79. The second-order valence-corrected chi connectivity index (χ2v) is 19.2. The van der Waals surface area contributed by atoms with Crippen LogP contribution < -0.4 is 39.4 Å². The Labute approximate surface area is 449 Å². The van der Waals surface area contributed by atoms with Gasteiger partial charge >= 0.3 is 53.4 Å². The molecule has 6 aromatic carbocycles. The summed E-state index contributed by atoms with van der Waals surface area (Å²) >= 11 is 0. The van der Waals surface area contributed by atoms with E-state index >= 15 is 0 Å². The Kier molecular flexibility index (Phi) is 21.7. The van der Waals surface area contributed by atoms with Gasteiger partial charge in [-0.05, 0) is 173 Å². The van der Waals surface area contributed by atoms with Gasteiger partial charge in [0.25, 0.3) is 0 Å². The van der Waals surface area contributed by atoms with Crippen molar-refractivity contribution in [1.82, 2.24) is 0 Å². The SMILES string of the molecule is C.CC(C)(C)OC(=O)c1ccccc1-c1ccc(F)c(CN2CCCc3cc(C(=O)O)ccc32)c1.COC(=O)c1ccc2c(c1)CCCN2Cc1cc(-c2ccccc2C(=O)OC(C)(C)C)ccc1F.O.[Na+].[OH-]. The number of methoxy groups -OCH3 is 1. The van der Waals surface area contributed by atoms with Gasteiger partial charge in [-0.25, -0.2) is 28.0 Å². The monoisotopic (exact) mass is 1010 g/mol. The number of esters is 3. The number of carboxylic acids is 1. The van der Waals surface area contributed by atoms with E-state index in [2.05, 4.69) is 9.80 Å². The third-order valence-electron chi connectivity index (χ3n) is 11.8. The normalized spacial score (nSPS) is 12.6. The Hall–Kier alpha value is -6.42. The number of hydrogen-bond donors (Lipinski definition) is 1. The molecule has 4 N–H and O–H groups in total. The number of aryl methyl sites for hydroxylation is 2. The minimum absolute atomic E-state index is 0. The largest absolute Gasteiger partial charge is 1.00 e. The fourth-order valence-corrected chi connectivity index (χ4v) is 8.69. The van der Waals surface area contributed by atoms with Crippen LogP contribution in [0.25, 0.3) is 22.3 Å². The number of hydrogen-bond acceptors (Lipinski definition) is 10. The van der Waals surface area contributed by atoms with Crippen molar-refractivity contribution in [2.24, 2.45) is 0 Å². The maximum absolute atomic E-state index is 14.9. The first-order valence-corrected chi connectivity index (χ1v) is 23.1. The van der Waals surface area contributed by atoms with Crippen LogP contribution in [0.15, 0.2) is 121 Å². The van der Waals surface area contributed by atoms with Gasteiger partial charge in [0.15, 0.2) is 0 Å². The molecule has 8 rings (SSSR count). The molecule has 0 saturated carbocycles. The van der Waals surface area contributed by atoms with Gasteiger partial charge in [-0.1, -0.05) is 56.0 Å². The Morgan fingerprint density at radius 1 is 0.575 bits per heavy atom.